The zero-order chi connectivity index (χ0) is 21.8. The third kappa shape index (κ3) is 4.32. The number of hydrogen-bond donors (Lipinski definition) is 1. The second kappa shape index (κ2) is 9.36. The smallest absolute Gasteiger partial charge is 0.331 e. The molecule has 1 aromatic heterocycles. The van der Waals surface area contributed by atoms with Gasteiger partial charge in [-0.25, -0.2) is 4.79 Å². The molecule has 0 radical (unpaired) electrons. The number of carbonyl (C=O) groups excluding carboxylic acids is 1. The minimum atomic E-state index is -0.443. The minimum absolute atomic E-state index is 0.0348. The number of fused-ring (bicyclic) bond motifs is 1. The molecule has 2 aliphatic rings. The molecule has 0 unspecified atom stereocenters. The van der Waals surface area contributed by atoms with E-state index in [-0.39, 0.29) is 30.1 Å². The van der Waals surface area contributed by atoms with Crippen LogP contribution in [0.2, 0.25) is 0 Å². The van der Waals surface area contributed by atoms with E-state index in [0.717, 1.165) is 39.1 Å². The van der Waals surface area contributed by atoms with Gasteiger partial charge in [-0.2, -0.15) is 0 Å². The Balaban J connectivity index is 1.55. The molecular formula is C23H32N4O4. The van der Waals surface area contributed by atoms with E-state index in [1.165, 1.54) is 28.4 Å². The fourth-order valence-corrected chi connectivity index (χ4v) is 5.12. The average molecular weight is 429 g/mol. The number of aromatic nitrogens is 2. The highest BCUT2D eigenvalue weighted by Gasteiger charge is 2.38. The van der Waals surface area contributed by atoms with Crippen LogP contribution in [0.5, 0.6) is 0 Å². The summed E-state index contributed by atoms with van der Waals surface area (Å²) in [5, 5.41) is 3.57. The van der Waals surface area contributed by atoms with Crippen molar-refractivity contribution < 1.29 is 9.53 Å². The Morgan fingerprint density at radius 2 is 1.77 bits per heavy atom. The molecular weight excluding hydrogens is 396 g/mol. The lowest BCUT2D eigenvalue weighted by Crippen LogP contribution is -2.60. The van der Waals surface area contributed by atoms with Crippen LogP contribution in [-0.2, 0) is 22.6 Å². The third-order valence-corrected chi connectivity index (χ3v) is 6.83. The van der Waals surface area contributed by atoms with E-state index in [4.69, 9.17) is 4.74 Å². The fraction of sp³-hybridized carbons (Fsp3) is 0.609. The number of para-hydroxylation sites is 1. The van der Waals surface area contributed by atoms with Crippen LogP contribution in [0.15, 0.2) is 33.9 Å². The number of nitrogens with one attached hydrogen (secondary N) is 1. The number of nitrogens with zero attached hydrogens (tertiary/aromatic N) is 3. The first-order chi connectivity index (χ1) is 15.1. The summed E-state index contributed by atoms with van der Waals surface area (Å²) in [7, 11) is 0. The molecule has 1 amide bonds. The Morgan fingerprint density at radius 1 is 1.06 bits per heavy atom. The van der Waals surface area contributed by atoms with E-state index in [1.54, 1.807) is 31.2 Å². The van der Waals surface area contributed by atoms with Crippen LogP contribution >= 0.6 is 0 Å². The van der Waals surface area contributed by atoms with Crippen LogP contribution < -0.4 is 16.6 Å². The number of morpholine rings is 1. The van der Waals surface area contributed by atoms with Gasteiger partial charge in [0.15, 0.2) is 0 Å². The van der Waals surface area contributed by atoms with Crippen molar-refractivity contribution in [1.29, 1.82) is 0 Å². The standard InChI is InChI=1S/C23H32N4O4/c1-2-26-21(29)18-8-4-5-9-19(18)27(22(26)30)16-20(28)24-17-23(10-6-3-7-11-23)25-12-14-31-15-13-25/h4-5,8-9H,2-3,6-7,10-17H2,1H3,(H,24,28). The first kappa shape index (κ1) is 21.8. The maximum Gasteiger partial charge on any atom is 0.331 e. The predicted molar refractivity (Wildman–Crippen MR) is 119 cm³/mol. The highest BCUT2D eigenvalue weighted by molar-refractivity contribution is 5.81. The maximum atomic E-state index is 13.0. The van der Waals surface area contributed by atoms with Crippen LogP contribution in [0.1, 0.15) is 39.0 Å². The summed E-state index contributed by atoms with van der Waals surface area (Å²) in [6.45, 7) is 5.75. The number of amides is 1. The van der Waals surface area contributed by atoms with Crippen molar-refractivity contribution in [2.24, 2.45) is 0 Å². The number of ether oxygens (including phenoxy) is 1. The maximum absolute atomic E-state index is 13.0. The SMILES string of the molecule is CCn1c(=O)c2ccccc2n(CC(=O)NCC2(N3CCOCC3)CCCCC2)c1=O. The summed E-state index contributed by atoms with van der Waals surface area (Å²) in [5.74, 6) is -0.202. The first-order valence-corrected chi connectivity index (χ1v) is 11.4. The lowest BCUT2D eigenvalue weighted by Gasteiger charge is -2.48. The van der Waals surface area contributed by atoms with Crippen LogP contribution in [0.4, 0.5) is 0 Å². The molecule has 168 valence electrons. The molecule has 8 nitrogen and oxygen atoms in total. The monoisotopic (exact) mass is 428 g/mol. The molecule has 1 aliphatic carbocycles. The average Bonchev–Trinajstić information content (AvgIpc) is 2.82. The Labute approximate surface area is 181 Å². The predicted octanol–water partition coefficient (Wildman–Crippen LogP) is 1.33. The van der Waals surface area contributed by atoms with Crippen LogP contribution in [0.3, 0.4) is 0 Å². The van der Waals surface area contributed by atoms with Crippen molar-refractivity contribution in [3.8, 4) is 0 Å². The van der Waals surface area contributed by atoms with Gasteiger partial charge >= 0.3 is 5.69 Å². The van der Waals surface area contributed by atoms with E-state index in [2.05, 4.69) is 10.2 Å². The van der Waals surface area contributed by atoms with Crippen molar-refractivity contribution in [1.82, 2.24) is 19.4 Å². The van der Waals surface area contributed by atoms with Gasteiger partial charge in [0, 0.05) is 31.7 Å². The van der Waals surface area contributed by atoms with Gasteiger partial charge in [-0.3, -0.25) is 23.6 Å². The van der Waals surface area contributed by atoms with Gasteiger partial charge in [-0.15, -0.1) is 0 Å². The van der Waals surface area contributed by atoms with Crippen LogP contribution in [0.25, 0.3) is 10.9 Å². The molecule has 4 rings (SSSR count). The highest BCUT2D eigenvalue weighted by atomic mass is 16.5. The molecule has 2 fully saturated rings. The zero-order valence-electron chi connectivity index (χ0n) is 18.3. The van der Waals surface area contributed by atoms with Gasteiger partial charge in [0.2, 0.25) is 5.91 Å². The van der Waals surface area contributed by atoms with Gasteiger partial charge in [0.05, 0.1) is 24.1 Å². The van der Waals surface area contributed by atoms with Gasteiger partial charge in [-0.05, 0) is 31.9 Å². The topological polar surface area (TPSA) is 85.6 Å². The molecule has 8 heteroatoms. The van der Waals surface area contributed by atoms with Gasteiger partial charge in [0.1, 0.15) is 6.54 Å². The summed E-state index contributed by atoms with van der Waals surface area (Å²) < 4.78 is 8.13. The minimum Gasteiger partial charge on any atom is -0.379 e. The summed E-state index contributed by atoms with van der Waals surface area (Å²) in [6.07, 6.45) is 5.70. The summed E-state index contributed by atoms with van der Waals surface area (Å²) in [6, 6.07) is 6.98. The van der Waals surface area contributed by atoms with Crippen molar-refractivity contribution >= 4 is 16.8 Å². The lowest BCUT2D eigenvalue weighted by molar-refractivity contribution is -0.123. The van der Waals surface area contributed by atoms with E-state index in [9.17, 15) is 14.4 Å². The summed E-state index contributed by atoms with van der Waals surface area (Å²) in [5.41, 5.74) is -0.291. The van der Waals surface area contributed by atoms with E-state index < -0.39 is 5.69 Å². The van der Waals surface area contributed by atoms with Gasteiger partial charge in [0.25, 0.3) is 5.56 Å². The summed E-state index contributed by atoms with van der Waals surface area (Å²) >= 11 is 0. The second-order valence-electron chi connectivity index (χ2n) is 8.60. The van der Waals surface area contributed by atoms with Crippen LogP contribution in [0, 0.1) is 0 Å². The third-order valence-electron chi connectivity index (χ3n) is 6.83. The normalized spacial score (nSPS) is 19.4. The zero-order valence-corrected chi connectivity index (χ0v) is 18.3. The molecule has 0 spiro atoms. The number of rotatable bonds is 6. The van der Waals surface area contributed by atoms with E-state index >= 15 is 0 Å². The number of hydrogen-bond acceptors (Lipinski definition) is 5. The highest BCUT2D eigenvalue weighted by Crippen LogP contribution is 2.33. The largest absolute Gasteiger partial charge is 0.379 e. The Morgan fingerprint density at radius 3 is 2.48 bits per heavy atom. The van der Waals surface area contributed by atoms with E-state index in [0.29, 0.717) is 17.4 Å². The molecule has 1 saturated heterocycles. The molecule has 2 heterocycles. The molecule has 1 N–H and O–H groups in total. The summed E-state index contributed by atoms with van der Waals surface area (Å²) in [4.78, 5) is 41.0. The second-order valence-corrected chi connectivity index (χ2v) is 8.60. The van der Waals surface area contributed by atoms with Crippen molar-refractivity contribution in [2.75, 3.05) is 32.8 Å². The molecule has 31 heavy (non-hydrogen) atoms. The Bertz CT molecular complexity index is 1050. The fourth-order valence-electron chi connectivity index (χ4n) is 5.12. The van der Waals surface area contributed by atoms with Gasteiger partial charge in [-0.1, -0.05) is 31.4 Å². The first-order valence-electron chi connectivity index (χ1n) is 11.4. The quantitative estimate of drug-likeness (QED) is 0.750. The Hall–Kier alpha value is -2.45. The number of benzene rings is 1. The van der Waals surface area contributed by atoms with E-state index in [1.807, 2.05) is 0 Å². The Kier molecular flexibility index (Phi) is 6.57. The molecule has 1 aromatic carbocycles. The van der Waals surface area contributed by atoms with Gasteiger partial charge < -0.3 is 10.1 Å². The molecule has 1 saturated carbocycles. The molecule has 0 atom stereocenters. The van der Waals surface area contributed by atoms with Crippen molar-refractivity contribution in [3.63, 3.8) is 0 Å². The van der Waals surface area contributed by atoms with Crippen molar-refractivity contribution in [2.45, 2.75) is 57.7 Å². The molecule has 1 aliphatic heterocycles. The van der Waals surface area contributed by atoms with Crippen molar-refractivity contribution in [3.05, 3.63) is 45.1 Å². The lowest BCUT2D eigenvalue weighted by atomic mass is 9.79. The number of carbonyl (C=O) groups is 1. The molecule has 2 aromatic rings. The van der Waals surface area contributed by atoms with Crippen LogP contribution in [-0.4, -0.2) is 58.3 Å². The molecule has 0 bridgehead atoms.